The molecule has 4 aromatic rings. The summed E-state index contributed by atoms with van der Waals surface area (Å²) in [5, 5.41) is 17.7. The molecule has 0 aromatic heterocycles. The van der Waals surface area contributed by atoms with Crippen molar-refractivity contribution in [3.63, 3.8) is 0 Å². The van der Waals surface area contributed by atoms with E-state index in [0.29, 0.717) is 29.3 Å². The molecule has 238 valence electrons. The van der Waals surface area contributed by atoms with E-state index in [2.05, 4.69) is 10.6 Å². The molecule has 1 aliphatic carbocycles. The summed E-state index contributed by atoms with van der Waals surface area (Å²) in [6.45, 7) is 11.6. The van der Waals surface area contributed by atoms with Gasteiger partial charge in [0.1, 0.15) is 24.1 Å². The van der Waals surface area contributed by atoms with Crippen molar-refractivity contribution in [2.75, 3.05) is 10.6 Å². The highest BCUT2D eigenvalue weighted by Crippen LogP contribution is 2.47. The van der Waals surface area contributed by atoms with Crippen LogP contribution in [0.4, 0.5) is 11.4 Å². The summed E-state index contributed by atoms with van der Waals surface area (Å²) in [5.74, 6) is -4.23. The zero-order chi connectivity index (χ0) is 33.2. The Balaban J connectivity index is 1.56. The van der Waals surface area contributed by atoms with Gasteiger partial charge >= 0.3 is 0 Å². The number of aliphatic hydroxyl groups is 1. The Morgan fingerprint density at radius 3 is 2.00 bits per heavy atom. The number of hydrogen-bond donors (Lipinski definition) is 3. The quantitative estimate of drug-likeness (QED) is 0.182. The lowest BCUT2D eigenvalue weighted by molar-refractivity contribution is -0.150. The predicted octanol–water partition coefficient (Wildman–Crippen LogP) is 7.12. The van der Waals surface area contributed by atoms with Crippen LogP contribution < -0.4 is 15.4 Å². The van der Waals surface area contributed by atoms with Crippen molar-refractivity contribution in [2.24, 2.45) is 11.8 Å². The average molecular weight is 619 g/mol. The zero-order valence-corrected chi connectivity index (χ0v) is 27.3. The summed E-state index contributed by atoms with van der Waals surface area (Å²) in [6, 6.07) is 26.4. The monoisotopic (exact) mass is 618 g/mol. The predicted molar refractivity (Wildman–Crippen MR) is 181 cm³/mol. The van der Waals surface area contributed by atoms with Crippen molar-refractivity contribution >= 4 is 29.0 Å². The second-order valence-corrected chi connectivity index (χ2v) is 12.9. The Morgan fingerprint density at radius 2 is 1.39 bits per heavy atom. The molecule has 1 fully saturated rings. The van der Waals surface area contributed by atoms with Gasteiger partial charge in [-0.1, -0.05) is 71.8 Å². The van der Waals surface area contributed by atoms with Crippen LogP contribution in [0, 0.1) is 46.5 Å². The van der Waals surface area contributed by atoms with E-state index in [1.165, 1.54) is 6.92 Å². The minimum absolute atomic E-state index is 0.324. The van der Waals surface area contributed by atoms with Gasteiger partial charge in [0.25, 0.3) is 0 Å². The first-order valence-corrected chi connectivity index (χ1v) is 15.6. The van der Waals surface area contributed by atoms with Crippen molar-refractivity contribution < 1.29 is 24.2 Å². The topological polar surface area (TPSA) is 105 Å². The van der Waals surface area contributed by atoms with E-state index < -0.39 is 41.0 Å². The Kier molecular flexibility index (Phi) is 9.44. The summed E-state index contributed by atoms with van der Waals surface area (Å²) >= 11 is 0. The number of anilines is 2. The highest BCUT2D eigenvalue weighted by atomic mass is 16.5. The minimum Gasteiger partial charge on any atom is -0.489 e. The van der Waals surface area contributed by atoms with Gasteiger partial charge < -0.3 is 20.5 Å². The third-order valence-corrected chi connectivity index (χ3v) is 9.01. The van der Waals surface area contributed by atoms with Gasteiger partial charge in [-0.25, -0.2) is 0 Å². The number of hydrogen-bond acceptors (Lipinski definition) is 5. The molecular formula is C39H42N2O5. The van der Waals surface area contributed by atoms with Crippen LogP contribution in [0.2, 0.25) is 0 Å². The molecule has 3 N–H and O–H groups in total. The molecule has 0 bridgehead atoms. The van der Waals surface area contributed by atoms with Gasteiger partial charge in [0.2, 0.25) is 11.8 Å². The van der Waals surface area contributed by atoms with E-state index >= 15 is 0 Å². The van der Waals surface area contributed by atoms with Crippen LogP contribution in [0.15, 0.2) is 84.9 Å². The second kappa shape index (κ2) is 13.3. The number of nitrogens with one attached hydrogen (secondary N) is 2. The Morgan fingerprint density at radius 1 is 0.783 bits per heavy atom. The van der Waals surface area contributed by atoms with Crippen LogP contribution in [0.1, 0.15) is 58.2 Å². The molecule has 7 heteroatoms. The Hall–Kier alpha value is -4.75. The number of amides is 2. The van der Waals surface area contributed by atoms with E-state index in [-0.39, 0.29) is 6.42 Å². The van der Waals surface area contributed by atoms with Gasteiger partial charge in [-0.05, 0) is 93.6 Å². The molecule has 0 heterocycles. The largest absolute Gasteiger partial charge is 0.489 e. The molecule has 4 unspecified atom stereocenters. The summed E-state index contributed by atoms with van der Waals surface area (Å²) in [6.07, 6.45) is -0.344. The van der Waals surface area contributed by atoms with Crippen LogP contribution in [0.25, 0.3) is 0 Å². The standard InChI is InChI=1S/C39H42N2O5/c1-23-14-16-31(26(4)18-23)40-37(43)35-33(42)21-39(6,45)36(38(44)41-32-17-15-24(2)19-27(32)5)34(35)28-12-9-13-30(20-28)46-22-29-11-8-7-10-25(29)3/h7-20,34-36,45H,21-22H2,1-6H3,(H,40,43)(H,41,44). The first-order valence-electron chi connectivity index (χ1n) is 15.6. The number of ether oxygens (including phenoxy) is 1. The van der Waals surface area contributed by atoms with Gasteiger partial charge in [0.05, 0.1) is 11.5 Å². The van der Waals surface area contributed by atoms with Crippen LogP contribution >= 0.6 is 0 Å². The lowest BCUT2D eigenvalue weighted by atomic mass is 9.61. The van der Waals surface area contributed by atoms with Gasteiger partial charge in [0.15, 0.2) is 0 Å². The molecule has 1 saturated carbocycles. The molecule has 0 saturated heterocycles. The third-order valence-electron chi connectivity index (χ3n) is 9.01. The molecule has 0 radical (unpaired) electrons. The number of carbonyl (C=O) groups is 3. The normalized spacial score (nSPS) is 21.0. The fourth-order valence-corrected chi connectivity index (χ4v) is 6.57. The highest BCUT2D eigenvalue weighted by molar-refractivity contribution is 6.10. The molecule has 1 aliphatic rings. The molecule has 0 aliphatic heterocycles. The highest BCUT2D eigenvalue weighted by Gasteiger charge is 2.56. The number of aryl methyl sites for hydroxylation is 5. The molecule has 4 aromatic carbocycles. The SMILES string of the molecule is Cc1ccc(NC(=O)C2C(=O)CC(C)(O)C(C(=O)Nc3ccc(C)cc3C)C2c2cccc(OCc3ccccc3C)c2)c(C)c1. The van der Waals surface area contributed by atoms with E-state index in [1.807, 2.05) is 95.3 Å². The molecule has 4 atom stereocenters. The number of ketones is 1. The second-order valence-electron chi connectivity index (χ2n) is 12.9. The van der Waals surface area contributed by atoms with Crippen LogP contribution in [-0.4, -0.2) is 28.3 Å². The maximum atomic E-state index is 14.2. The first-order chi connectivity index (χ1) is 21.8. The zero-order valence-electron chi connectivity index (χ0n) is 27.3. The lowest BCUT2D eigenvalue weighted by Gasteiger charge is -2.44. The van der Waals surface area contributed by atoms with E-state index in [0.717, 1.165) is 33.4 Å². The van der Waals surface area contributed by atoms with Crippen molar-refractivity contribution in [2.45, 2.75) is 66.1 Å². The van der Waals surface area contributed by atoms with Crippen LogP contribution in [0.3, 0.4) is 0 Å². The summed E-state index contributed by atoms with van der Waals surface area (Å²) in [7, 11) is 0. The number of rotatable bonds is 8. The van der Waals surface area contributed by atoms with E-state index in [4.69, 9.17) is 4.74 Å². The molecule has 46 heavy (non-hydrogen) atoms. The number of benzene rings is 4. The summed E-state index contributed by atoms with van der Waals surface area (Å²) < 4.78 is 6.17. The Labute approximate surface area is 271 Å². The van der Waals surface area contributed by atoms with Crippen molar-refractivity contribution in [1.82, 2.24) is 0 Å². The number of carbonyl (C=O) groups excluding carboxylic acids is 3. The molecular weight excluding hydrogens is 576 g/mol. The molecule has 7 nitrogen and oxygen atoms in total. The average Bonchev–Trinajstić information content (AvgIpc) is 2.98. The summed E-state index contributed by atoms with van der Waals surface area (Å²) in [5.41, 5.74) is 5.97. The maximum absolute atomic E-state index is 14.2. The smallest absolute Gasteiger partial charge is 0.235 e. The van der Waals surface area contributed by atoms with Crippen molar-refractivity contribution in [1.29, 1.82) is 0 Å². The Bertz CT molecular complexity index is 1790. The van der Waals surface area contributed by atoms with Gasteiger partial charge in [0, 0.05) is 23.7 Å². The minimum atomic E-state index is -1.72. The first kappa shape index (κ1) is 32.6. The van der Waals surface area contributed by atoms with E-state index in [1.54, 1.807) is 24.3 Å². The maximum Gasteiger partial charge on any atom is 0.235 e. The van der Waals surface area contributed by atoms with E-state index in [9.17, 15) is 19.5 Å². The van der Waals surface area contributed by atoms with Crippen LogP contribution in [0.5, 0.6) is 5.75 Å². The molecule has 5 rings (SSSR count). The van der Waals surface area contributed by atoms with Gasteiger partial charge in [-0.2, -0.15) is 0 Å². The fraction of sp³-hybridized carbons (Fsp3) is 0.308. The van der Waals surface area contributed by atoms with Crippen molar-refractivity contribution in [3.05, 3.63) is 124 Å². The lowest BCUT2D eigenvalue weighted by Crippen LogP contribution is -2.56. The fourth-order valence-electron chi connectivity index (χ4n) is 6.57. The number of Topliss-reactive ketones (excluding diaryl/α,β-unsaturated/α-hetero) is 1. The van der Waals surface area contributed by atoms with Gasteiger partial charge in [-0.3, -0.25) is 14.4 Å². The molecule has 0 spiro atoms. The third kappa shape index (κ3) is 7.05. The van der Waals surface area contributed by atoms with Gasteiger partial charge in [-0.15, -0.1) is 0 Å². The summed E-state index contributed by atoms with van der Waals surface area (Å²) in [4.78, 5) is 42.1. The molecule has 2 amide bonds. The van der Waals surface area contributed by atoms with Crippen LogP contribution in [-0.2, 0) is 21.0 Å². The van der Waals surface area contributed by atoms with Crippen molar-refractivity contribution in [3.8, 4) is 5.75 Å².